The number of rotatable bonds is 2. The molecule has 1 aromatic carbocycles. The van der Waals surface area contributed by atoms with Crippen molar-refractivity contribution in [1.82, 2.24) is 19.5 Å². The minimum absolute atomic E-state index is 0. The van der Waals surface area contributed by atoms with Crippen LogP contribution in [0.15, 0.2) is 24.3 Å². The molecule has 0 spiro atoms. The molecule has 0 amide bonds. The van der Waals surface area contributed by atoms with Gasteiger partial charge in [-0.25, -0.2) is 19.3 Å². The van der Waals surface area contributed by atoms with Crippen LogP contribution in [0.2, 0.25) is 0 Å². The second-order valence-corrected chi connectivity index (χ2v) is 7.64. The maximum Gasteiger partial charge on any atom is 0.209 e. The Labute approximate surface area is 173 Å². The Hall–Kier alpha value is -2.69. The van der Waals surface area contributed by atoms with Gasteiger partial charge in [-0.1, -0.05) is 18.1 Å². The SMILES string of the molecule is Cl.Nc1nc(C#CC2(O)CCCC2)nc2c1nc(-c1cccc(F)c1)n2C1CC1. The van der Waals surface area contributed by atoms with Crippen LogP contribution in [0.1, 0.15) is 50.4 Å². The van der Waals surface area contributed by atoms with E-state index in [1.165, 1.54) is 12.1 Å². The first-order chi connectivity index (χ1) is 13.5. The minimum atomic E-state index is -0.962. The van der Waals surface area contributed by atoms with Crippen molar-refractivity contribution in [3.8, 4) is 23.2 Å². The van der Waals surface area contributed by atoms with E-state index in [2.05, 4.69) is 26.8 Å². The summed E-state index contributed by atoms with van der Waals surface area (Å²) in [4.78, 5) is 13.5. The van der Waals surface area contributed by atoms with Crippen LogP contribution >= 0.6 is 12.4 Å². The highest BCUT2D eigenvalue weighted by Gasteiger charge is 2.31. The maximum absolute atomic E-state index is 13.8. The number of anilines is 1. The Morgan fingerprint density at radius 2 is 1.93 bits per heavy atom. The van der Waals surface area contributed by atoms with Crippen LogP contribution in [-0.4, -0.2) is 30.2 Å². The third-order valence-corrected chi connectivity index (χ3v) is 5.40. The molecule has 0 bridgehead atoms. The second-order valence-electron chi connectivity index (χ2n) is 7.64. The van der Waals surface area contributed by atoms with Gasteiger partial charge in [-0.3, -0.25) is 0 Å². The van der Waals surface area contributed by atoms with Crippen molar-refractivity contribution in [2.75, 3.05) is 5.73 Å². The second kappa shape index (κ2) is 7.29. The average molecular weight is 414 g/mol. The molecule has 0 atom stereocenters. The third-order valence-electron chi connectivity index (χ3n) is 5.40. The van der Waals surface area contributed by atoms with Gasteiger partial charge in [0.15, 0.2) is 17.0 Å². The van der Waals surface area contributed by atoms with Gasteiger partial charge >= 0.3 is 0 Å². The van der Waals surface area contributed by atoms with Gasteiger partial charge in [0, 0.05) is 11.6 Å². The summed E-state index contributed by atoms with van der Waals surface area (Å²) in [6, 6.07) is 6.61. The first kappa shape index (κ1) is 19.6. The number of hydrogen-bond acceptors (Lipinski definition) is 5. The first-order valence-corrected chi connectivity index (χ1v) is 9.59. The van der Waals surface area contributed by atoms with Crippen molar-refractivity contribution in [2.24, 2.45) is 0 Å². The highest BCUT2D eigenvalue weighted by Crippen LogP contribution is 2.41. The predicted octanol–water partition coefficient (Wildman–Crippen LogP) is 3.63. The number of hydrogen-bond donors (Lipinski definition) is 2. The van der Waals surface area contributed by atoms with Crippen molar-refractivity contribution >= 4 is 29.4 Å². The lowest BCUT2D eigenvalue weighted by Crippen LogP contribution is -2.20. The van der Waals surface area contributed by atoms with Crippen LogP contribution in [0.4, 0.5) is 10.2 Å². The lowest BCUT2D eigenvalue weighted by atomic mass is 10.0. The zero-order valence-corrected chi connectivity index (χ0v) is 16.5. The van der Waals surface area contributed by atoms with E-state index in [9.17, 15) is 9.50 Å². The fourth-order valence-corrected chi connectivity index (χ4v) is 3.82. The molecule has 3 N–H and O–H groups in total. The molecule has 2 aliphatic rings. The molecule has 0 radical (unpaired) electrons. The topological polar surface area (TPSA) is 89.8 Å². The number of nitrogens with zero attached hydrogens (tertiary/aromatic N) is 4. The molecule has 8 heteroatoms. The molecular formula is C21H21ClFN5O. The van der Waals surface area contributed by atoms with Gasteiger partial charge in [0.2, 0.25) is 5.82 Å². The van der Waals surface area contributed by atoms with Crippen LogP contribution in [0, 0.1) is 17.7 Å². The van der Waals surface area contributed by atoms with Crippen LogP contribution in [0.5, 0.6) is 0 Å². The summed E-state index contributed by atoms with van der Waals surface area (Å²) in [5.74, 6) is 6.66. The van der Waals surface area contributed by atoms with Gasteiger partial charge in [-0.05, 0) is 56.6 Å². The molecule has 6 nitrogen and oxygen atoms in total. The lowest BCUT2D eigenvalue weighted by Gasteiger charge is -2.12. The normalized spacial score (nSPS) is 17.6. The molecule has 2 aliphatic carbocycles. The van der Waals surface area contributed by atoms with Gasteiger partial charge in [-0.15, -0.1) is 12.4 Å². The zero-order chi connectivity index (χ0) is 19.3. The maximum atomic E-state index is 13.8. The first-order valence-electron chi connectivity index (χ1n) is 9.59. The molecule has 0 aliphatic heterocycles. The molecule has 5 rings (SSSR count). The van der Waals surface area contributed by atoms with E-state index in [1.54, 1.807) is 6.07 Å². The average Bonchev–Trinajstić information content (AvgIpc) is 3.29. The highest BCUT2D eigenvalue weighted by molar-refractivity contribution is 5.86. The van der Waals surface area contributed by atoms with E-state index in [0.29, 0.717) is 35.4 Å². The Morgan fingerprint density at radius 1 is 1.17 bits per heavy atom. The summed E-state index contributed by atoms with van der Waals surface area (Å²) in [5.41, 5.74) is 6.97. The summed E-state index contributed by atoms with van der Waals surface area (Å²) in [5, 5.41) is 10.5. The number of aromatic nitrogens is 4. The highest BCUT2D eigenvalue weighted by atomic mass is 35.5. The van der Waals surface area contributed by atoms with Gasteiger partial charge < -0.3 is 15.4 Å². The molecule has 2 heterocycles. The number of nitrogens with two attached hydrogens (primary N) is 1. The molecule has 3 aromatic rings. The summed E-state index contributed by atoms with van der Waals surface area (Å²) in [6.45, 7) is 0. The lowest BCUT2D eigenvalue weighted by molar-refractivity contribution is 0.110. The number of benzene rings is 1. The van der Waals surface area contributed by atoms with Gasteiger partial charge in [0.25, 0.3) is 0 Å². The summed E-state index contributed by atoms with van der Waals surface area (Å²) < 4.78 is 15.8. The summed E-state index contributed by atoms with van der Waals surface area (Å²) >= 11 is 0. The van der Waals surface area contributed by atoms with E-state index >= 15 is 0 Å². The smallest absolute Gasteiger partial charge is 0.209 e. The van der Waals surface area contributed by atoms with E-state index in [1.807, 2.05) is 10.6 Å². The number of halogens is 2. The molecule has 0 unspecified atom stereocenters. The zero-order valence-electron chi connectivity index (χ0n) is 15.7. The van der Waals surface area contributed by atoms with Crippen molar-refractivity contribution < 1.29 is 9.50 Å². The molecular weight excluding hydrogens is 393 g/mol. The standard InChI is InChI=1S/C21H20FN5O.ClH/c22-14-5-3-4-13(12-14)19-26-17-18(23)24-16(8-11-21(28)9-1-2-10-21)25-20(17)27(19)15-6-7-15;/h3-5,12,15,28H,1-2,6-7,9-10H2,(H2,23,24,25);1H. The van der Waals surface area contributed by atoms with E-state index in [0.717, 1.165) is 25.7 Å². The quantitative estimate of drug-likeness (QED) is 0.626. The fraction of sp³-hybridized carbons (Fsp3) is 0.381. The molecule has 2 fully saturated rings. The predicted molar refractivity (Wildman–Crippen MR) is 111 cm³/mol. The van der Waals surface area contributed by atoms with Crippen molar-refractivity contribution in [2.45, 2.75) is 50.2 Å². The van der Waals surface area contributed by atoms with E-state index < -0.39 is 5.60 Å². The molecule has 2 saturated carbocycles. The van der Waals surface area contributed by atoms with Crippen molar-refractivity contribution in [3.63, 3.8) is 0 Å². The Morgan fingerprint density at radius 3 is 2.62 bits per heavy atom. The molecule has 0 saturated heterocycles. The fourth-order valence-electron chi connectivity index (χ4n) is 3.82. The molecule has 29 heavy (non-hydrogen) atoms. The minimum Gasteiger partial charge on any atom is -0.382 e. The Bertz CT molecular complexity index is 1140. The summed E-state index contributed by atoms with van der Waals surface area (Å²) in [6.07, 6.45) is 5.30. The van der Waals surface area contributed by atoms with Gasteiger partial charge in [0.1, 0.15) is 17.2 Å². The van der Waals surface area contributed by atoms with Crippen LogP contribution in [-0.2, 0) is 0 Å². The summed E-state index contributed by atoms with van der Waals surface area (Å²) in [7, 11) is 0. The van der Waals surface area contributed by atoms with Gasteiger partial charge in [-0.2, -0.15) is 0 Å². The number of nitrogen functional groups attached to an aromatic ring is 1. The number of imidazole rings is 1. The van der Waals surface area contributed by atoms with E-state index in [-0.39, 0.29) is 35.9 Å². The largest absolute Gasteiger partial charge is 0.382 e. The number of aliphatic hydroxyl groups is 1. The molecule has 2 aromatic heterocycles. The van der Waals surface area contributed by atoms with Gasteiger partial charge in [0.05, 0.1) is 0 Å². The van der Waals surface area contributed by atoms with Crippen LogP contribution < -0.4 is 5.73 Å². The van der Waals surface area contributed by atoms with Crippen LogP contribution in [0.3, 0.4) is 0 Å². The van der Waals surface area contributed by atoms with E-state index in [4.69, 9.17) is 5.73 Å². The van der Waals surface area contributed by atoms with Crippen molar-refractivity contribution in [1.29, 1.82) is 0 Å². The monoisotopic (exact) mass is 413 g/mol. The number of fused-ring (bicyclic) bond motifs is 1. The Balaban J connectivity index is 0.00000205. The molecule has 150 valence electrons. The van der Waals surface area contributed by atoms with Crippen LogP contribution in [0.25, 0.3) is 22.6 Å². The third kappa shape index (κ3) is 3.66. The Kier molecular flexibility index (Phi) is 4.93. The van der Waals surface area contributed by atoms with Crippen molar-refractivity contribution in [3.05, 3.63) is 35.9 Å².